The molecule has 1 amide bonds. The number of halogens is 1. The van der Waals surface area contributed by atoms with Gasteiger partial charge in [0.25, 0.3) is 5.91 Å². The Bertz CT molecular complexity index is 1380. The minimum absolute atomic E-state index is 0. The highest BCUT2D eigenvalue weighted by Gasteiger charge is 2.30. The van der Waals surface area contributed by atoms with E-state index >= 15 is 0 Å². The minimum Gasteiger partial charge on any atom is -0.336 e. The molecule has 34 heavy (non-hydrogen) atoms. The summed E-state index contributed by atoms with van der Waals surface area (Å²) in [5.41, 5.74) is 1.69. The highest BCUT2D eigenvalue weighted by molar-refractivity contribution is 7.89. The maximum absolute atomic E-state index is 13.2. The summed E-state index contributed by atoms with van der Waals surface area (Å²) in [5, 5.41) is 1.90. The Hall–Kier alpha value is -3.20. The molecule has 1 aliphatic heterocycles. The largest absolute Gasteiger partial charge is 0.336 e. The van der Waals surface area contributed by atoms with E-state index in [9.17, 15) is 13.2 Å². The van der Waals surface area contributed by atoms with E-state index < -0.39 is 10.0 Å². The second-order valence-corrected chi connectivity index (χ2v) is 10.1. The number of sulfonamides is 1. The molecule has 0 bridgehead atoms. The van der Waals surface area contributed by atoms with E-state index in [2.05, 4.69) is 4.98 Å². The van der Waals surface area contributed by atoms with Gasteiger partial charge in [0, 0.05) is 50.7 Å². The Morgan fingerprint density at radius 3 is 2.26 bits per heavy atom. The molecular weight excluding hydrogens is 472 g/mol. The van der Waals surface area contributed by atoms with Gasteiger partial charge in [-0.25, -0.2) is 13.4 Å². The summed E-state index contributed by atoms with van der Waals surface area (Å²) < 4.78 is 29.8. The third-order valence-electron chi connectivity index (χ3n) is 6.01. The second kappa shape index (κ2) is 9.97. The van der Waals surface area contributed by atoms with Gasteiger partial charge in [-0.05, 0) is 40.6 Å². The molecule has 7 nitrogen and oxygen atoms in total. The zero-order chi connectivity index (χ0) is 22.8. The number of nitrogens with zero attached hydrogens (tertiary/aromatic N) is 4. The molecule has 0 saturated carbocycles. The SMILES string of the molecule is Cl.O=C(c1ccc(Cn2ccnc2)cc1)N1CCN(S(=O)(=O)c2ccc3ccccc3c2)CC1. The molecule has 1 fully saturated rings. The number of amides is 1. The number of hydrogen-bond acceptors (Lipinski definition) is 4. The molecule has 1 aromatic heterocycles. The van der Waals surface area contributed by atoms with Gasteiger partial charge in [-0.3, -0.25) is 4.79 Å². The van der Waals surface area contributed by atoms with Crippen LogP contribution in [0, 0.1) is 0 Å². The van der Waals surface area contributed by atoms with Crippen molar-refractivity contribution >= 4 is 39.1 Å². The lowest BCUT2D eigenvalue weighted by atomic mass is 10.1. The van der Waals surface area contributed by atoms with Crippen LogP contribution in [0.3, 0.4) is 0 Å². The van der Waals surface area contributed by atoms with Crippen LogP contribution in [0.5, 0.6) is 0 Å². The number of benzene rings is 3. The first-order chi connectivity index (χ1) is 16.0. The first-order valence-corrected chi connectivity index (χ1v) is 12.3. The van der Waals surface area contributed by atoms with E-state index in [4.69, 9.17) is 0 Å². The summed E-state index contributed by atoms with van der Waals surface area (Å²) in [4.78, 5) is 19.0. The van der Waals surface area contributed by atoms with Crippen molar-refractivity contribution in [3.8, 4) is 0 Å². The van der Waals surface area contributed by atoms with Crippen molar-refractivity contribution in [2.75, 3.05) is 26.2 Å². The molecule has 0 atom stereocenters. The van der Waals surface area contributed by atoms with Crippen molar-refractivity contribution in [1.82, 2.24) is 18.8 Å². The predicted molar refractivity (Wildman–Crippen MR) is 134 cm³/mol. The number of carbonyl (C=O) groups excluding carboxylic acids is 1. The van der Waals surface area contributed by atoms with Crippen molar-refractivity contribution in [1.29, 1.82) is 0 Å². The van der Waals surface area contributed by atoms with Gasteiger partial charge in [0.05, 0.1) is 11.2 Å². The lowest BCUT2D eigenvalue weighted by Crippen LogP contribution is -2.50. The van der Waals surface area contributed by atoms with Crippen LogP contribution in [0.1, 0.15) is 15.9 Å². The number of fused-ring (bicyclic) bond motifs is 1. The van der Waals surface area contributed by atoms with Crippen LogP contribution in [0.4, 0.5) is 0 Å². The van der Waals surface area contributed by atoms with Crippen LogP contribution < -0.4 is 0 Å². The van der Waals surface area contributed by atoms with Crippen molar-refractivity contribution in [3.63, 3.8) is 0 Å². The third kappa shape index (κ3) is 4.84. The van der Waals surface area contributed by atoms with Crippen LogP contribution in [0.25, 0.3) is 10.8 Å². The molecular formula is C25H25ClN4O3S. The van der Waals surface area contributed by atoms with Gasteiger partial charge in [-0.1, -0.05) is 42.5 Å². The van der Waals surface area contributed by atoms with E-state index in [0.717, 1.165) is 16.3 Å². The Balaban J connectivity index is 0.00000274. The Morgan fingerprint density at radius 2 is 1.59 bits per heavy atom. The highest BCUT2D eigenvalue weighted by atomic mass is 35.5. The van der Waals surface area contributed by atoms with Crippen molar-refractivity contribution in [2.24, 2.45) is 0 Å². The van der Waals surface area contributed by atoms with Gasteiger partial charge in [-0.15, -0.1) is 12.4 Å². The molecule has 0 aliphatic carbocycles. The highest BCUT2D eigenvalue weighted by Crippen LogP contribution is 2.23. The van der Waals surface area contributed by atoms with Crippen molar-refractivity contribution < 1.29 is 13.2 Å². The summed E-state index contributed by atoms with van der Waals surface area (Å²) in [6.07, 6.45) is 5.38. The van der Waals surface area contributed by atoms with Crippen LogP contribution in [-0.2, 0) is 16.6 Å². The topological polar surface area (TPSA) is 75.5 Å². The molecule has 0 unspecified atom stereocenters. The van der Waals surface area contributed by atoms with Gasteiger partial charge < -0.3 is 9.47 Å². The zero-order valence-corrected chi connectivity index (χ0v) is 20.1. The first-order valence-electron chi connectivity index (χ1n) is 10.8. The lowest BCUT2D eigenvalue weighted by Gasteiger charge is -2.34. The van der Waals surface area contributed by atoms with E-state index in [1.165, 1.54) is 4.31 Å². The van der Waals surface area contributed by atoms with E-state index in [-0.39, 0.29) is 36.3 Å². The van der Waals surface area contributed by atoms with Gasteiger partial charge in [0.15, 0.2) is 0 Å². The molecule has 2 heterocycles. The average Bonchev–Trinajstić information content (AvgIpc) is 3.37. The van der Waals surface area contributed by atoms with E-state index in [1.807, 2.05) is 65.4 Å². The molecule has 3 aromatic carbocycles. The average molecular weight is 497 g/mol. The Labute approximate surface area is 205 Å². The normalized spacial score (nSPS) is 14.6. The number of imidazole rings is 1. The number of hydrogen-bond donors (Lipinski definition) is 0. The van der Waals surface area contributed by atoms with Crippen molar-refractivity contribution in [2.45, 2.75) is 11.4 Å². The maximum atomic E-state index is 13.2. The fourth-order valence-corrected chi connectivity index (χ4v) is 5.59. The quantitative estimate of drug-likeness (QED) is 0.422. The van der Waals surface area contributed by atoms with Crippen molar-refractivity contribution in [3.05, 3.63) is 96.6 Å². The van der Waals surface area contributed by atoms with Gasteiger partial charge in [0.2, 0.25) is 10.0 Å². The Kier molecular flexibility index (Phi) is 7.02. The Morgan fingerprint density at radius 1 is 0.882 bits per heavy atom. The van der Waals surface area contributed by atoms with Crippen LogP contribution >= 0.6 is 12.4 Å². The first kappa shape index (κ1) is 23.9. The summed E-state index contributed by atoms with van der Waals surface area (Å²) in [6.45, 7) is 1.98. The van der Waals surface area contributed by atoms with E-state index in [1.54, 1.807) is 29.6 Å². The van der Waals surface area contributed by atoms with Crippen LogP contribution in [0.15, 0.2) is 90.3 Å². The molecule has 176 valence electrons. The predicted octanol–water partition coefficient (Wildman–Crippen LogP) is 3.65. The summed E-state index contributed by atoms with van der Waals surface area (Å²) in [7, 11) is -3.61. The number of rotatable bonds is 5. The molecule has 0 N–H and O–H groups in total. The van der Waals surface area contributed by atoms with Gasteiger partial charge in [0.1, 0.15) is 0 Å². The maximum Gasteiger partial charge on any atom is 0.253 e. The monoisotopic (exact) mass is 496 g/mol. The third-order valence-corrected chi connectivity index (χ3v) is 7.90. The zero-order valence-electron chi connectivity index (χ0n) is 18.4. The fraction of sp³-hybridized carbons (Fsp3) is 0.200. The minimum atomic E-state index is -3.61. The smallest absolute Gasteiger partial charge is 0.253 e. The molecule has 4 aromatic rings. The van der Waals surface area contributed by atoms with Gasteiger partial charge in [-0.2, -0.15) is 4.31 Å². The molecule has 9 heteroatoms. The van der Waals surface area contributed by atoms with E-state index in [0.29, 0.717) is 25.2 Å². The standard InChI is InChI=1S/C25H24N4O3S.ClH/c30-25(22-7-5-20(6-8-22)18-27-12-11-26-19-27)28-13-15-29(16-14-28)33(31,32)24-10-9-21-3-1-2-4-23(21)17-24;/h1-12,17,19H,13-16,18H2;1H. The molecule has 0 spiro atoms. The molecule has 0 radical (unpaired) electrons. The van der Waals surface area contributed by atoms with Crippen LogP contribution in [0.2, 0.25) is 0 Å². The number of carbonyl (C=O) groups is 1. The summed E-state index contributed by atoms with van der Waals surface area (Å²) in [6, 6.07) is 20.4. The molecule has 1 saturated heterocycles. The molecule has 5 rings (SSSR count). The summed E-state index contributed by atoms with van der Waals surface area (Å²) >= 11 is 0. The lowest BCUT2D eigenvalue weighted by molar-refractivity contribution is 0.0698. The van der Waals surface area contributed by atoms with Gasteiger partial charge >= 0.3 is 0 Å². The summed E-state index contributed by atoms with van der Waals surface area (Å²) in [5.74, 6) is -0.0769. The number of aromatic nitrogens is 2. The fourth-order valence-electron chi connectivity index (χ4n) is 4.13. The molecule has 1 aliphatic rings. The van der Waals surface area contributed by atoms with Crippen LogP contribution in [-0.4, -0.2) is 59.3 Å². The number of piperazine rings is 1. The second-order valence-electron chi connectivity index (χ2n) is 8.14.